The van der Waals surface area contributed by atoms with Gasteiger partial charge < -0.3 is 15.3 Å². The van der Waals surface area contributed by atoms with Gasteiger partial charge in [-0.15, -0.1) is 0 Å². The number of hydrogen-bond acceptors (Lipinski definition) is 3. The average molecular weight is 393 g/mol. The van der Waals surface area contributed by atoms with Gasteiger partial charge in [-0.25, -0.2) is 0 Å². The van der Waals surface area contributed by atoms with E-state index in [1.807, 2.05) is 0 Å². The average Bonchev–Trinajstić information content (AvgIpc) is 3.00. The molecule has 0 aromatic heterocycles. The molecule has 0 amide bonds. The standard InChI is InChI=1S/C24H40O4/c1-14(4-9-22(27)28)18-7-8-19-17-6-5-15-12-16(25)10-11-23(15,2)20(17)13-21(26)24(18,19)3/h14-21,25-26H,4-13H2,1-3H3,(H,27,28)/t14-,15-,16-,17+,18-,19+,20?,21+,23+,24-/m1/s1. The molecular weight excluding hydrogens is 352 g/mol. The molecule has 4 saturated carbocycles. The van der Waals surface area contributed by atoms with Crippen LogP contribution in [0.2, 0.25) is 0 Å². The Labute approximate surface area is 170 Å². The summed E-state index contributed by atoms with van der Waals surface area (Å²) in [5.41, 5.74) is 0.216. The number of aliphatic hydroxyl groups is 2. The normalized spacial score (nSPS) is 51.7. The van der Waals surface area contributed by atoms with Gasteiger partial charge in [-0.1, -0.05) is 20.8 Å². The van der Waals surface area contributed by atoms with E-state index in [0.29, 0.717) is 35.5 Å². The van der Waals surface area contributed by atoms with Crippen LogP contribution in [-0.4, -0.2) is 33.5 Å². The first-order chi connectivity index (χ1) is 13.2. The van der Waals surface area contributed by atoms with Crippen LogP contribution >= 0.6 is 0 Å². The zero-order chi connectivity index (χ0) is 20.3. The Balaban J connectivity index is 1.56. The molecule has 4 nitrogen and oxygen atoms in total. The largest absolute Gasteiger partial charge is 0.481 e. The van der Waals surface area contributed by atoms with Gasteiger partial charge in [-0.05, 0) is 104 Å². The van der Waals surface area contributed by atoms with E-state index in [1.165, 1.54) is 19.3 Å². The van der Waals surface area contributed by atoms with E-state index in [2.05, 4.69) is 20.8 Å². The van der Waals surface area contributed by atoms with Crippen molar-refractivity contribution >= 4 is 5.97 Å². The molecule has 4 fully saturated rings. The lowest BCUT2D eigenvalue weighted by atomic mass is 9.43. The third-order valence-electron chi connectivity index (χ3n) is 10.3. The molecule has 0 heterocycles. The van der Waals surface area contributed by atoms with Crippen LogP contribution in [0.15, 0.2) is 0 Å². The topological polar surface area (TPSA) is 77.8 Å². The van der Waals surface area contributed by atoms with Crippen molar-refractivity contribution in [3.8, 4) is 0 Å². The summed E-state index contributed by atoms with van der Waals surface area (Å²) in [4.78, 5) is 11.1. The minimum Gasteiger partial charge on any atom is -0.481 e. The predicted octanol–water partition coefficient (Wildman–Crippen LogP) is 4.48. The second kappa shape index (κ2) is 7.27. The Bertz CT molecular complexity index is 605. The Morgan fingerprint density at radius 1 is 1.04 bits per heavy atom. The predicted molar refractivity (Wildman–Crippen MR) is 109 cm³/mol. The van der Waals surface area contributed by atoms with E-state index in [0.717, 1.165) is 38.5 Å². The van der Waals surface area contributed by atoms with Gasteiger partial charge in [0.15, 0.2) is 0 Å². The quantitative estimate of drug-likeness (QED) is 0.659. The van der Waals surface area contributed by atoms with Gasteiger partial charge in [0.2, 0.25) is 0 Å². The molecule has 28 heavy (non-hydrogen) atoms. The highest BCUT2D eigenvalue weighted by Gasteiger charge is 2.63. The lowest BCUT2D eigenvalue weighted by Crippen LogP contribution is -2.58. The number of carboxylic acids is 1. The van der Waals surface area contributed by atoms with Crippen LogP contribution in [-0.2, 0) is 4.79 Å². The second-order valence-electron chi connectivity index (χ2n) is 11.3. The number of aliphatic hydroxyl groups excluding tert-OH is 2. The van der Waals surface area contributed by atoms with Crippen LogP contribution in [0, 0.1) is 46.3 Å². The molecule has 160 valence electrons. The van der Waals surface area contributed by atoms with Gasteiger partial charge in [0.05, 0.1) is 12.2 Å². The number of hydrogen-bond donors (Lipinski definition) is 3. The summed E-state index contributed by atoms with van der Waals surface area (Å²) in [7, 11) is 0. The number of carbonyl (C=O) groups is 1. The second-order valence-corrected chi connectivity index (χ2v) is 11.3. The molecule has 10 atom stereocenters. The summed E-state index contributed by atoms with van der Waals surface area (Å²) in [6, 6.07) is 0. The summed E-state index contributed by atoms with van der Waals surface area (Å²) >= 11 is 0. The first-order valence-corrected chi connectivity index (χ1v) is 11.8. The van der Waals surface area contributed by atoms with Crippen LogP contribution in [0.5, 0.6) is 0 Å². The van der Waals surface area contributed by atoms with Gasteiger partial charge in [0, 0.05) is 6.42 Å². The minimum absolute atomic E-state index is 0.0591. The van der Waals surface area contributed by atoms with E-state index < -0.39 is 5.97 Å². The number of aliphatic carboxylic acids is 1. The molecule has 0 radical (unpaired) electrons. The molecule has 3 N–H and O–H groups in total. The van der Waals surface area contributed by atoms with Gasteiger partial charge >= 0.3 is 5.97 Å². The van der Waals surface area contributed by atoms with Crippen molar-refractivity contribution in [1.29, 1.82) is 0 Å². The maximum Gasteiger partial charge on any atom is 0.303 e. The molecule has 1 unspecified atom stereocenters. The van der Waals surface area contributed by atoms with Crippen molar-refractivity contribution in [2.45, 2.75) is 97.2 Å². The van der Waals surface area contributed by atoms with Crippen molar-refractivity contribution < 1.29 is 20.1 Å². The van der Waals surface area contributed by atoms with E-state index in [4.69, 9.17) is 5.11 Å². The van der Waals surface area contributed by atoms with E-state index in [1.54, 1.807) is 0 Å². The monoisotopic (exact) mass is 392 g/mol. The molecule has 4 aliphatic rings. The molecule has 0 aromatic rings. The molecule has 0 aromatic carbocycles. The smallest absolute Gasteiger partial charge is 0.303 e. The maximum absolute atomic E-state index is 11.5. The van der Waals surface area contributed by atoms with Crippen molar-refractivity contribution in [2.24, 2.45) is 46.3 Å². The van der Waals surface area contributed by atoms with Crippen LogP contribution < -0.4 is 0 Å². The van der Waals surface area contributed by atoms with Gasteiger partial charge in [-0.3, -0.25) is 4.79 Å². The molecule has 4 heteroatoms. The summed E-state index contributed by atoms with van der Waals surface area (Å²) in [5, 5.41) is 30.8. The summed E-state index contributed by atoms with van der Waals surface area (Å²) in [5.74, 6) is 2.55. The minimum atomic E-state index is -0.707. The SMILES string of the molecule is C[C@H](CCC(=O)O)[C@H]1CC[C@H]2[C@@H]3CC[C@@H]4C[C@H](O)CC[C@]4(C)C3C[C@H](O)[C@]12C. The number of rotatable bonds is 4. The maximum atomic E-state index is 11.5. The molecule has 0 spiro atoms. The lowest BCUT2D eigenvalue weighted by Gasteiger charge is -2.62. The van der Waals surface area contributed by atoms with E-state index in [-0.39, 0.29) is 29.5 Å². The van der Waals surface area contributed by atoms with Crippen molar-refractivity contribution in [2.75, 3.05) is 0 Å². The van der Waals surface area contributed by atoms with E-state index >= 15 is 0 Å². The van der Waals surface area contributed by atoms with Crippen molar-refractivity contribution in [3.05, 3.63) is 0 Å². The van der Waals surface area contributed by atoms with Crippen LogP contribution in [0.3, 0.4) is 0 Å². The fraction of sp³-hybridized carbons (Fsp3) is 0.958. The van der Waals surface area contributed by atoms with Crippen molar-refractivity contribution in [1.82, 2.24) is 0 Å². The summed E-state index contributed by atoms with van der Waals surface area (Å²) in [6.45, 7) is 6.99. The third-order valence-corrected chi connectivity index (χ3v) is 10.3. The Morgan fingerprint density at radius 3 is 2.50 bits per heavy atom. The zero-order valence-electron chi connectivity index (χ0n) is 17.9. The summed E-state index contributed by atoms with van der Waals surface area (Å²) in [6.07, 6.45) is 9.26. The van der Waals surface area contributed by atoms with Gasteiger partial charge in [0.25, 0.3) is 0 Å². The van der Waals surface area contributed by atoms with Crippen molar-refractivity contribution in [3.63, 3.8) is 0 Å². The van der Waals surface area contributed by atoms with Gasteiger partial charge in [0.1, 0.15) is 0 Å². The highest BCUT2D eigenvalue weighted by atomic mass is 16.4. The van der Waals surface area contributed by atoms with Crippen LogP contribution in [0.1, 0.15) is 85.0 Å². The van der Waals surface area contributed by atoms with E-state index in [9.17, 15) is 15.0 Å². The zero-order valence-corrected chi connectivity index (χ0v) is 17.9. The first-order valence-electron chi connectivity index (χ1n) is 11.8. The Hall–Kier alpha value is -0.610. The molecule has 0 aliphatic heterocycles. The fourth-order valence-electron chi connectivity index (χ4n) is 8.71. The van der Waals surface area contributed by atoms with Gasteiger partial charge in [-0.2, -0.15) is 0 Å². The molecule has 4 aliphatic carbocycles. The third kappa shape index (κ3) is 3.05. The molecule has 0 saturated heterocycles. The van der Waals surface area contributed by atoms with Crippen LogP contribution in [0.25, 0.3) is 0 Å². The summed E-state index contributed by atoms with van der Waals surface area (Å²) < 4.78 is 0. The lowest BCUT2D eigenvalue weighted by molar-refractivity contribution is -0.175. The highest BCUT2D eigenvalue weighted by molar-refractivity contribution is 5.66. The molecule has 0 bridgehead atoms. The number of fused-ring (bicyclic) bond motifs is 5. The Morgan fingerprint density at radius 2 is 1.79 bits per heavy atom. The highest BCUT2D eigenvalue weighted by Crippen LogP contribution is 2.68. The number of carboxylic acid groups (broad SMARTS) is 1. The fourth-order valence-corrected chi connectivity index (χ4v) is 8.71. The molecular formula is C24H40O4. The molecule has 4 rings (SSSR count). The van der Waals surface area contributed by atoms with Crippen LogP contribution in [0.4, 0.5) is 0 Å². The first kappa shape index (κ1) is 20.7. The Kier molecular flexibility index (Phi) is 5.36.